The Morgan fingerprint density at radius 2 is 2.04 bits per heavy atom. The van der Waals surface area contributed by atoms with Gasteiger partial charge >= 0.3 is 0 Å². The van der Waals surface area contributed by atoms with Crippen molar-refractivity contribution in [2.75, 3.05) is 19.8 Å². The summed E-state index contributed by atoms with van der Waals surface area (Å²) >= 11 is 0. The van der Waals surface area contributed by atoms with Gasteiger partial charge in [0.05, 0.1) is 18.9 Å². The lowest BCUT2D eigenvalue weighted by atomic mass is 9.89. The molecule has 1 atom stereocenters. The molecule has 1 aromatic carbocycles. The third kappa shape index (κ3) is 5.27. The molecule has 0 saturated carbocycles. The normalized spacial score (nSPS) is 15.8. The SMILES string of the molecule is CCOc1ccc(CCNC(=O)Cn2cc3c(n2)CC[C@H](C)C3)cc1OCC. The molecule has 152 valence electrons. The molecule has 0 radical (unpaired) electrons. The number of aromatic nitrogens is 2. The second kappa shape index (κ2) is 9.62. The second-order valence-corrected chi connectivity index (χ2v) is 7.39. The van der Waals surface area contributed by atoms with E-state index >= 15 is 0 Å². The summed E-state index contributed by atoms with van der Waals surface area (Å²) in [5.74, 6) is 2.21. The summed E-state index contributed by atoms with van der Waals surface area (Å²) < 4.78 is 13.0. The monoisotopic (exact) mass is 385 g/mol. The standard InChI is InChI=1S/C22H31N3O3/c1-4-27-20-9-7-17(13-21(20)28-5-2)10-11-23-22(26)15-25-14-18-12-16(3)6-8-19(18)24-25/h7,9,13-14,16H,4-6,8,10-12,15H2,1-3H3,(H,23,26)/t16-/m0/s1. The number of amides is 1. The number of ether oxygens (including phenoxy) is 2. The van der Waals surface area contributed by atoms with Crippen LogP contribution in [0.25, 0.3) is 0 Å². The van der Waals surface area contributed by atoms with E-state index in [0.29, 0.717) is 25.7 Å². The first-order valence-corrected chi connectivity index (χ1v) is 10.3. The van der Waals surface area contributed by atoms with Crippen molar-refractivity contribution >= 4 is 5.91 Å². The largest absolute Gasteiger partial charge is 0.490 e. The van der Waals surface area contributed by atoms with Crippen molar-refractivity contribution in [2.45, 2.75) is 53.0 Å². The molecule has 0 unspecified atom stereocenters. The van der Waals surface area contributed by atoms with Gasteiger partial charge in [0.15, 0.2) is 11.5 Å². The van der Waals surface area contributed by atoms with Gasteiger partial charge in [0.2, 0.25) is 5.91 Å². The van der Waals surface area contributed by atoms with Gasteiger partial charge in [-0.2, -0.15) is 5.10 Å². The van der Waals surface area contributed by atoms with Gasteiger partial charge in [0, 0.05) is 12.7 Å². The number of carbonyl (C=O) groups excluding carboxylic acids is 1. The van der Waals surface area contributed by atoms with Crippen LogP contribution in [0.3, 0.4) is 0 Å². The summed E-state index contributed by atoms with van der Waals surface area (Å²) in [6.45, 7) is 8.22. The number of rotatable bonds is 9. The lowest BCUT2D eigenvalue weighted by Crippen LogP contribution is -2.29. The molecule has 1 aliphatic rings. The van der Waals surface area contributed by atoms with Gasteiger partial charge in [-0.1, -0.05) is 13.0 Å². The van der Waals surface area contributed by atoms with E-state index in [0.717, 1.165) is 42.0 Å². The Hall–Kier alpha value is -2.50. The Kier molecular flexibility index (Phi) is 6.95. The van der Waals surface area contributed by atoms with Gasteiger partial charge in [-0.3, -0.25) is 9.48 Å². The Balaban J connectivity index is 1.49. The lowest BCUT2D eigenvalue weighted by molar-refractivity contribution is -0.121. The Morgan fingerprint density at radius 1 is 1.25 bits per heavy atom. The minimum absolute atomic E-state index is 0.0103. The van der Waals surface area contributed by atoms with Crippen molar-refractivity contribution in [3.63, 3.8) is 0 Å². The molecule has 1 N–H and O–H groups in total. The van der Waals surface area contributed by atoms with Crippen LogP contribution in [0.1, 0.15) is 44.0 Å². The third-order valence-corrected chi connectivity index (χ3v) is 5.02. The summed E-state index contributed by atoms with van der Waals surface area (Å²) in [4.78, 5) is 12.3. The molecule has 1 aliphatic carbocycles. The topological polar surface area (TPSA) is 65.4 Å². The van der Waals surface area contributed by atoms with E-state index < -0.39 is 0 Å². The molecular formula is C22H31N3O3. The van der Waals surface area contributed by atoms with Crippen molar-refractivity contribution < 1.29 is 14.3 Å². The van der Waals surface area contributed by atoms with Crippen LogP contribution in [-0.4, -0.2) is 35.4 Å². The third-order valence-electron chi connectivity index (χ3n) is 5.02. The molecule has 0 fully saturated rings. The maximum absolute atomic E-state index is 12.3. The molecule has 0 saturated heterocycles. The number of nitrogens with zero attached hydrogens (tertiary/aromatic N) is 2. The molecule has 6 heteroatoms. The number of fused-ring (bicyclic) bond motifs is 1. The van der Waals surface area contributed by atoms with Crippen LogP contribution in [0.2, 0.25) is 0 Å². The zero-order chi connectivity index (χ0) is 19.9. The smallest absolute Gasteiger partial charge is 0.241 e. The summed E-state index contributed by atoms with van der Waals surface area (Å²) in [5, 5.41) is 7.56. The molecule has 0 spiro atoms. The molecule has 1 amide bonds. The molecule has 0 aliphatic heterocycles. The Morgan fingerprint density at radius 3 is 2.82 bits per heavy atom. The summed E-state index contributed by atoms with van der Waals surface area (Å²) in [6, 6.07) is 5.94. The van der Waals surface area contributed by atoms with Crippen molar-refractivity contribution in [1.82, 2.24) is 15.1 Å². The average Bonchev–Trinajstić information content (AvgIpc) is 3.05. The van der Waals surface area contributed by atoms with E-state index in [1.165, 1.54) is 12.0 Å². The van der Waals surface area contributed by atoms with E-state index in [9.17, 15) is 4.79 Å². The van der Waals surface area contributed by atoms with E-state index in [-0.39, 0.29) is 12.5 Å². The highest BCUT2D eigenvalue weighted by molar-refractivity contribution is 5.75. The van der Waals surface area contributed by atoms with Gasteiger partial charge < -0.3 is 14.8 Å². The van der Waals surface area contributed by atoms with Crippen molar-refractivity contribution in [3.8, 4) is 11.5 Å². The zero-order valence-corrected chi connectivity index (χ0v) is 17.2. The predicted octanol–water partition coefficient (Wildman–Crippen LogP) is 3.16. The predicted molar refractivity (Wildman–Crippen MR) is 109 cm³/mol. The van der Waals surface area contributed by atoms with E-state index in [4.69, 9.17) is 9.47 Å². The van der Waals surface area contributed by atoms with Gasteiger partial charge in [0.1, 0.15) is 6.54 Å². The van der Waals surface area contributed by atoms with Crippen LogP contribution >= 0.6 is 0 Å². The maximum Gasteiger partial charge on any atom is 0.241 e. The van der Waals surface area contributed by atoms with Crippen molar-refractivity contribution in [3.05, 3.63) is 41.2 Å². The van der Waals surface area contributed by atoms with Gasteiger partial charge in [0.25, 0.3) is 0 Å². The van der Waals surface area contributed by atoms with Crippen LogP contribution in [0.4, 0.5) is 0 Å². The van der Waals surface area contributed by atoms with E-state index in [1.54, 1.807) is 4.68 Å². The fraction of sp³-hybridized carbons (Fsp3) is 0.545. The molecule has 1 aromatic heterocycles. The first-order chi connectivity index (χ1) is 13.6. The number of carbonyl (C=O) groups is 1. The molecule has 3 rings (SSSR count). The Bertz CT molecular complexity index is 800. The highest BCUT2D eigenvalue weighted by atomic mass is 16.5. The van der Waals surface area contributed by atoms with Crippen LogP contribution in [-0.2, 0) is 30.6 Å². The minimum atomic E-state index is -0.0103. The van der Waals surface area contributed by atoms with Crippen LogP contribution < -0.4 is 14.8 Å². The van der Waals surface area contributed by atoms with E-state index in [2.05, 4.69) is 17.3 Å². The highest BCUT2D eigenvalue weighted by Gasteiger charge is 2.19. The van der Waals surface area contributed by atoms with Gasteiger partial charge in [-0.25, -0.2) is 0 Å². The lowest BCUT2D eigenvalue weighted by Gasteiger charge is -2.15. The number of aryl methyl sites for hydroxylation is 1. The van der Waals surface area contributed by atoms with Gasteiger partial charge in [-0.15, -0.1) is 0 Å². The van der Waals surface area contributed by atoms with Crippen LogP contribution in [0.15, 0.2) is 24.4 Å². The minimum Gasteiger partial charge on any atom is -0.490 e. The van der Waals surface area contributed by atoms with Crippen LogP contribution in [0.5, 0.6) is 11.5 Å². The van der Waals surface area contributed by atoms with Crippen LogP contribution in [0, 0.1) is 5.92 Å². The summed E-state index contributed by atoms with van der Waals surface area (Å²) in [5.41, 5.74) is 3.56. The zero-order valence-electron chi connectivity index (χ0n) is 17.2. The summed E-state index contributed by atoms with van der Waals surface area (Å²) in [6.07, 6.45) is 6.04. The Labute approximate surface area is 167 Å². The first-order valence-electron chi connectivity index (χ1n) is 10.3. The molecule has 1 heterocycles. The van der Waals surface area contributed by atoms with Crippen molar-refractivity contribution in [1.29, 1.82) is 0 Å². The van der Waals surface area contributed by atoms with Gasteiger partial charge in [-0.05, 0) is 68.7 Å². The molecular weight excluding hydrogens is 354 g/mol. The van der Waals surface area contributed by atoms with E-state index in [1.807, 2.05) is 38.2 Å². The molecule has 2 aromatic rings. The molecule has 6 nitrogen and oxygen atoms in total. The fourth-order valence-electron chi connectivity index (χ4n) is 3.63. The first kappa shape index (κ1) is 20.2. The average molecular weight is 386 g/mol. The number of hydrogen-bond acceptors (Lipinski definition) is 4. The maximum atomic E-state index is 12.3. The second-order valence-electron chi connectivity index (χ2n) is 7.39. The highest BCUT2D eigenvalue weighted by Crippen LogP contribution is 2.28. The quantitative estimate of drug-likeness (QED) is 0.720. The fourth-order valence-corrected chi connectivity index (χ4v) is 3.63. The number of nitrogens with one attached hydrogen (secondary N) is 1. The van der Waals surface area contributed by atoms with Crippen molar-refractivity contribution in [2.24, 2.45) is 5.92 Å². The number of hydrogen-bond donors (Lipinski definition) is 1. The molecule has 0 bridgehead atoms. The molecule has 28 heavy (non-hydrogen) atoms. The number of benzene rings is 1. The summed E-state index contributed by atoms with van der Waals surface area (Å²) in [7, 11) is 0.